The average Bonchev–Trinajstić information content (AvgIpc) is 2.80. The number of rotatable bonds is 3. The molecule has 0 unspecified atom stereocenters. The smallest absolute Gasteiger partial charge is 0.250 e. The van der Waals surface area contributed by atoms with Gasteiger partial charge in [-0.15, -0.1) is 0 Å². The molecule has 0 aliphatic carbocycles. The number of amides is 1. The molecular weight excluding hydrogens is 252 g/mol. The van der Waals surface area contributed by atoms with E-state index in [1.165, 1.54) is 6.08 Å². The molecule has 1 saturated heterocycles. The SMILES string of the molecule is C=CC(=O)N1CC[C@H](n2cc(C(C)C)ccc2=O)[C@H]1C. The van der Waals surface area contributed by atoms with E-state index in [4.69, 9.17) is 0 Å². The Morgan fingerprint density at radius 3 is 2.75 bits per heavy atom. The van der Waals surface area contributed by atoms with Crippen LogP contribution in [-0.4, -0.2) is 28.0 Å². The van der Waals surface area contributed by atoms with Gasteiger partial charge in [0.2, 0.25) is 5.91 Å². The van der Waals surface area contributed by atoms with Gasteiger partial charge in [0.05, 0.1) is 12.1 Å². The molecule has 0 N–H and O–H groups in total. The van der Waals surface area contributed by atoms with Gasteiger partial charge >= 0.3 is 0 Å². The number of likely N-dealkylation sites (tertiary alicyclic amines) is 1. The van der Waals surface area contributed by atoms with Crippen LogP contribution in [-0.2, 0) is 4.79 Å². The first kappa shape index (κ1) is 14.6. The lowest BCUT2D eigenvalue weighted by Crippen LogP contribution is -2.37. The van der Waals surface area contributed by atoms with Crippen molar-refractivity contribution in [1.29, 1.82) is 0 Å². The van der Waals surface area contributed by atoms with Crippen LogP contribution in [0.2, 0.25) is 0 Å². The summed E-state index contributed by atoms with van der Waals surface area (Å²) in [6.07, 6.45) is 4.09. The van der Waals surface area contributed by atoms with Crippen molar-refractivity contribution < 1.29 is 4.79 Å². The van der Waals surface area contributed by atoms with Gasteiger partial charge in [0, 0.05) is 18.8 Å². The van der Waals surface area contributed by atoms with E-state index in [1.54, 1.807) is 15.5 Å². The summed E-state index contributed by atoms with van der Waals surface area (Å²) >= 11 is 0. The highest BCUT2D eigenvalue weighted by molar-refractivity contribution is 5.87. The van der Waals surface area contributed by atoms with Gasteiger partial charge in [-0.05, 0) is 30.9 Å². The van der Waals surface area contributed by atoms with Crippen molar-refractivity contribution in [3.05, 3.63) is 46.9 Å². The summed E-state index contributed by atoms with van der Waals surface area (Å²) in [6.45, 7) is 10.4. The predicted molar refractivity (Wildman–Crippen MR) is 79.8 cm³/mol. The van der Waals surface area contributed by atoms with Crippen molar-refractivity contribution in [3.63, 3.8) is 0 Å². The predicted octanol–water partition coefficient (Wildman–Crippen LogP) is 2.32. The lowest BCUT2D eigenvalue weighted by atomic mass is 10.0. The van der Waals surface area contributed by atoms with Gasteiger partial charge in [-0.2, -0.15) is 0 Å². The van der Waals surface area contributed by atoms with Crippen LogP contribution >= 0.6 is 0 Å². The molecule has 1 amide bonds. The molecule has 1 fully saturated rings. The Bertz CT molecular complexity index is 574. The standard InChI is InChI=1S/C16H22N2O2/c1-5-15(19)17-9-8-14(12(17)4)18-10-13(11(2)3)6-7-16(18)20/h5-7,10-12,14H,1,8-9H2,2-4H3/t12-,14+/m1/s1. The number of carbonyl (C=O) groups is 1. The van der Waals surface area contributed by atoms with Crippen LogP contribution in [0.4, 0.5) is 0 Å². The quantitative estimate of drug-likeness (QED) is 0.794. The Kier molecular flexibility index (Phi) is 4.12. The highest BCUT2D eigenvalue weighted by Gasteiger charge is 2.34. The highest BCUT2D eigenvalue weighted by atomic mass is 16.2. The molecule has 1 aromatic heterocycles. The van der Waals surface area contributed by atoms with Crippen molar-refractivity contribution in [2.24, 2.45) is 0 Å². The summed E-state index contributed by atoms with van der Waals surface area (Å²) in [5, 5.41) is 0. The fraction of sp³-hybridized carbons (Fsp3) is 0.500. The molecule has 2 rings (SSSR count). The monoisotopic (exact) mass is 274 g/mol. The zero-order valence-electron chi connectivity index (χ0n) is 12.4. The Morgan fingerprint density at radius 1 is 1.45 bits per heavy atom. The van der Waals surface area contributed by atoms with E-state index in [0.717, 1.165) is 12.0 Å². The molecule has 1 aliphatic heterocycles. The maximum atomic E-state index is 12.1. The van der Waals surface area contributed by atoms with Crippen LogP contribution in [0.3, 0.4) is 0 Å². The van der Waals surface area contributed by atoms with Crippen LogP contribution < -0.4 is 5.56 Å². The maximum Gasteiger partial charge on any atom is 0.250 e. The minimum Gasteiger partial charge on any atom is -0.334 e. The zero-order valence-corrected chi connectivity index (χ0v) is 12.4. The number of pyridine rings is 1. The highest BCUT2D eigenvalue weighted by Crippen LogP contribution is 2.28. The lowest BCUT2D eigenvalue weighted by Gasteiger charge is -2.25. The van der Waals surface area contributed by atoms with E-state index in [9.17, 15) is 9.59 Å². The van der Waals surface area contributed by atoms with Crippen molar-refractivity contribution in [3.8, 4) is 0 Å². The molecule has 20 heavy (non-hydrogen) atoms. The average molecular weight is 274 g/mol. The van der Waals surface area contributed by atoms with Crippen molar-refractivity contribution in [1.82, 2.24) is 9.47 Å². The molecule has 4 nitrogen and oxygen atoms in total. The second-order valence-electron chi connectivity index (χ2n) is 5.70. The first-order valence-electron chi connectivity index (χ1n) is 7.10. The number of aromatic nitrogens is 1. The molecule has 4 heteroatoms. The number of hydrogen-bond acceptors (Lipinski definition) is 2. The normalized spacial score (nSPS) is 22.3. The molecule has 0 saturated carbocycles. The van der Waals surface area contributed by atoms with Gasteiger partial charge in [-0.3, -0.25) is 9.59 Å². The molecule has 1 aromatic rings. The number of hydrogen-bond donors (Lipinski definition) is 0. The fourth-order valence-electron chi connectivity index (χ4n) is 2.85. The first-order valence-corrected chi connectivity index (χ1v) is 7.10. The largest absolute Gasteiger partial charge is 0.334 e. The van der Waals surface area contributed by atoms with E-state index < -0.39 is 0 Å². The first-order chi connectivity index (χ1) is 9.45. The van der Waals surface area contributed by atoms with Crippen LogP contribution in [0, 0.1) is 0 Å². The van der Waals surface area contributed by atoms with Gasteiger partial charge in [0.25, 0.3) is 5.56 Å². The van der Waals surface area contributed by atoms with Gasteiger partial charge in [0.1, 0.15) is 0 Å². The van der Waals surface area contributed by atoms with Gasteiger partial charge in [-0.25, -0.2) is 0 Å². The fourth-order valence-corrected chi connectivity index (χ4v) is 2.85. The minimum atomic E-state index is -0.0620. The van der Waals surface area contributed by atoms with Crippen molar-refractivity contribution in [2.75, 3.05) is 6.54 Å². The van der Waals surface area contributed by atoms with Crippen LogP contribution in [0.15, 0.2) is 35.8 Å². The van der Waals surface area contributed by atoms with E-state index in [1.807, 2.05) is 19.2 Å². The van der Waals surface area contributed by atoms with Crippen molar-refractivity contribution >= 4 is 5.91 Å². The summed E-state index contributed by atoms with van der Waals surface area (Å²) in [5.74, 6) is 0.317. The third-order valence-electron chi connectivity index (χ3n) is 4.16. The van der Waals surface area contributed by atoms with Gasteiger partial charge in [-0.1, -0.05) is 26.5 Å². The van der Waals surface area contributed by atoms with Gasteiger partial charge in [0.15, 0.2) is 0 Å². The second-order valence-corrected chi connectivity index (χ2v) is 5.70. The summed E-state index contributed by atoms with van der Waals surface area (Å²) in [5.41, 5.74) is 1.14. The third kappa shape index (κ3) is 2.55. The van der Waals surface area contributed by atoms with E-state index in [-0.39, 0.29) is 23.6 Å². The molecule has 0 aromatic carbocycles. The topological polar surface area (TPSA) is 42.3 Å². The zero-order chi connectivity index (χ0) is 14.9. The minimum absolute atomic E-state index is 0.000785. The maximum absolute atomic E-state index is 12.1. The molecule has 0 spiro atoms. The summed E-state index contributed by atoms with van der Waals surface area (Å²) in [7, 11) is 0. The number of carbonyl (C=O) groups excluding carboxylic acids is 1. The van der Waals surface area contributed by atoms with Crippen LogP contribution in [0.25, 0.3) is 0 Å². The Balaban J connectivity index is 2.33. The summed E-state index contributed by atoms with van der Waals surface area (Å²) < 4.78 is 1.79. The Morgan fingerprint density at radius 2 is 2.15 bits per heavy atom. The lowest BCUT2D eigenvalue weighted by molar-refractivity contribution is -0.126. The molecule has 108 valence electrons. The van der Waals surface area contributed by atoms with E-state index in [0.29, 0.717) is 12.5 Å². The van der Waals surface area contributed by atoms with Crippen LogP contribution in [0.1, 0.15) is 44.7 Å². The molecular formula is C16H22N2O2. The molecule has 1 aliphatic rings. The molecule has 0 bridgehead atoms. The summed E-state index contributed by atoms with van der Waals surface area (Å²) in [6, 6.07) is 3.57. The molecule has 2 atom stereocenters. The molecule has 2 heterocycles. The summed E-state index contributed by atoms with van der Waals surface area (Å²) in [4.78, 5) is 25.7. The third-order valence-corrected chi connectivity index (χ3v) is 4.16. The van der Waals surface area contributed by atoms with Crippen LogP contribution in [0.5, 0.6) is 0 Å². The Hall–Kier alpha value is -1.84. The molecule has 0 radical (unpaired) electrons. The van der Waals surface area contributed by atoms with Gasteiger partial charge < -0.3 is 9.47 Å². The second kappa shape index (κ2) is 5.65. The number of nitrogens with zero attached hydrogens (tertiary/aromatic N) is 2. The van der Waals surface area contributed by atoms with Crippen molar-refractivity contribution in [2.45, 2.75) is 45.2 Å². The Labute approximate surface area is 119 Å². The van der Waals surface area contributed by atoms with E-state index >= 15 is 0 Å². The van der Waals surface area contributed by atoms with E-state index in [2.05, 4.69) is 20.4 Å².